The summed E-state index contributed by atoms with van der Waals surface area (Å²) in [5, 5.41) is 0. The normalized spacial score (nSPS) is 16.3. The van der Waals surface area contributed by atoms with Gasteiger partial charge in [-0.25, -0.2) is 0 Å². The fourth-order valence-electron chi connectivity index (χ4n) is 4.42. The van der Waals surface area contributed by atoms with E-state index in [-0.39, 0.29) is 23.1 Å². The Hall–Kier alpha value is -3.13. The summed E-state index contributed by atoms with van der Waals surface area (Å²) in [6.45, 7) is 5.21. The molecule has 32 heavy (non-hydrogen) atoms. The molecule has 0 aliphatic carbocycles. The lowest BCUT2D eigenvalue weighted by atomic mass is 10.1. The van der Waals surface area contributed by atoms with E-state index in [2.05, 4.69) is 0 Å². The number of carbonyl (C=O) groups is 2. The van der Waals surface area contributed by atoms with E-state index in [9.17, 15) is 14.4 Å². The van der Waals surface area contributed by atoms with Crippen molar-refractivity contribution in [2.45, 2.75) is 26.3 Å². The molecule has 8 heteroatoms. The van der Waals surface area contributed by atoms with Crippen molar-refractivity contribution in [1.29, 1.82) is 0 Å². The minimum atomic E-state index is -0.219. The van der Waals surface area contributed by atoms with Crippen LogP contribution in [0.25, 0.3) is 0 Å². The topological polar surface area (TPSA) is 81.1 Å². The second kappa shape index (κ2) is 9.56. The number of fused-ring (bicyclic) bond motifs is 1. The van der Waals surface area contributed by atoms with E-state index < -0.39 is 0 Å². The lowest BCUT2D eigenvalue weighted by Gasteiger charge is -2.28. The number of nitrogens with zero attached hydrogens (tertiary/aromatic N) is 3. The van der Waals surface area contributed by atoms with Gasteiger partial charge in [-0.1, -0.05) is 29.8 Å². The van der Waals surface area contributed by atoms with E-state index in [1.165, 1.54) is 13.2 Å². The van der Waals surface area contributed by atoms with Crippen molar-refractivity contribution >= 4 is 11.8 Å². The Kier molecular flexibility index (Phi) is 6.60. The van der Waals surface area contributed by atoms with Gasteiger partial charge in [0.15, 0.2) is 0 Å². The van der Waals surface area contributed by atoms with Crippen molar-refractivity contribution in [2.24, 2.45) is 0 Å². The van der Waals surface area contributed by atoms with Gasteiger partial charge in [0.05, 0.1) is 26.7 Å². The lowest BCUT2D eigenvalue weighted by Crippen LogP contribution is -2.42. The summed E-state index contributed by atoms with van der Waals surface area (Å²) in [5.41, 5.74) is 2.92. The predicted molar refractivity (Wildman–Crippen MR) is 119 cm³/mol. The first kappa shape index (κ1) is 22.1. The first-order valence-electron chi connectivity index (χ1n) is 11.0. The number of methoxy groups -OCH3 is 1. The molecule has 2 aliphatic rings. The van der Waals surface area contributed by atoms with Crippen LogP contribution in [0.2, 0.25) is 0 Å². The molecular formula is C24H29N3O5. The Morgan fingerprint density at radius 1 is 1.03 bits per heavy atom. The second-order valence-corrected chi connectivity index (χ2v) is 8.23. The van der Waals surface area contributed by atoms with Crippen LogP contribution in [-0.4, -0.2) is 72.7 Å². The van der Waals surface area contributed by atoms with Gasteiger partial charge < -0.3 is 23.8 Å². The molecule has 2 aliphatic heterocycles. The number of amides is 2. The molecule has 8 nitrogen and oxygen atoms in total. The number of benzene rings is 1. The number of ether oxygens (including phenoxy) is 2. The largest absolute Gasteiger partial charge is 0.496 e. The molecule has 1 aromatic carbocycles. The van der Waals surface area contributed by atoms with Gasteiger partial charge in [0, 0.05) is 50.9 Å². The Balaban J connectivity index is 1.59. The molecule has 1 saturated heterocycles. The maximum Gasteiger partial charge on any atom is 0.259 e. The van der Waals surface area contributed by atoms with Crippen LogP contribution in [0.15, 0.2) is 35.1 Å². The third-order valence-corrected chi connectivity index (χ3v) is 6.12. The van der Waals surface area contributed by atoms with Crippen molar-refractivity contribution in [2.75, 3.05) is 46.5 Å². The number of carbonyl (C=O) groups excluding carboxylic acids is 2. The standard InChI is InChI=1S/C24H29N3O5/c1-17-4-3-5-18(14-17)15-21(28)25-7-6-19-23(24(30)26-10-12-32-13-11-26)20(31-2)16-22(29)27(19)9-8-25/h3-5,14,16H,6-13,15H2,1-2H3. The molecule has 2 aromatic rings. The summed E-state index contributed by atoms with van der Waals surface area (Å²) >= 11 is 0. The summed E-state index contributed by atoms with van der Waals surface area (Å²) in [6, 6.07) is 9.29. The maximum atomic E-state index is 13.4. The fourth-order valence-corrected chi connectivity index (χ4v) is 4.42. The van der Waals surface area contributed by atoms with Crippen molar-refractivity contribution in [3.63, 3.8) is 0 Å². The summed E-state index contributed by atoms with van der Waals surface area (Å²) in [4.78, 5) is 42.6. The number of hydrogen-bond donors (Lipinski definition) is 0. The van der Waals surface area contributed by atoms with Gasteiger partial charge in [-0.05, 0) is 12.5 Å². The highest BCUT2D eigenvalue weighted by Gasteiger charge is 2.29. The monoisotopic (exact) mass is 439 g/mol. The number of aryl methyl sites for hydroxylation is 1. The minimum Gasteiger partial charge on any atom is -0.496 e. The van der Waals surface area contributed by atoms with Gasteiger partial charge in [0.2, 0.25) is 5.91 Å². The highest BCUT2D eigenvalue weighted by molar-refractivity contribution is 5.98. The summed E-state index contributed by atoms with van der Waals surface area (Å²) in [7, 11) is 1.47. The number of aromatic nitrogens is 1. The van der Waals surface area contributed by atoms with Crippen LogP contribution >= 0.6 is 0 Å². The van der Waals surface area contributed by atoms with Crippen molar-refractivity contribution in [3.8, 4) is 5.75 Å². The minimum absolute atomic E-state index is 0.0180. The molecule has 1 fully saturated rings. The Morgan fingerprint density at radius 2 is 1.81 bits per heavy atom. The zero-order chi connectivity index (χ0) is 22.7. The molecule has 0 atom stereocenters. The van der Waals surface area contributed by atoms with Gasteiger partial charge in [-0.15, -0.1) is 0 Å². The zero-order valence-electron chi connectivity index (χ0n) is 18.6. The Labute approximate surface area is 187 Å². The summed E-state index contributed by atoms with van der Waals surface area (Å²) in [6.07, 6.45) is 0.729. The van der Waals surface area contributed by atoms with Gasteiger partial charge in [0.25, 0.3) is 11.5 Å². The summed E-state index contributed by atoms with van der Waals surface area (Å²) in [5.74, 6) is 0.148. The third kappa shape index (κ3) is 4.55. The number of rotatable bonds is 4. The van der Waals surface area contributed by atoms with Crippen LogP contribution < -0.4 is 10.3 Å². The molecule has 0 spiro atoms. The molecule has 3 heterocycles. The van der Waals surface area contributed by atoms with Crippen LogP contribution in [0.5, 0.6) is 5.75 Å². The molecule has 2 amide bonds. The molecule has 0 bridgehead atoms. The average Bonchev–Trinajstić information content (AvgIpc) is 3.03. The smallest absolute Gasteiger partial charge is 0.259 e. The number of morpholine rings is 1. The Bertz CT molecular complexity index is 1070. The highest BCUT2D eigenvalue weighted by Crippen LogP contribution is 2.25. The number of pyridine rings is 1. The molecule has 0 unspecified atom stereocenters. The highest BCUT2D eigenvalue weighted by atomic mass is 16.5. The molecular weight excluding hydrogens is 410 g/mol. The van der Waals surface area contributed by atoms with E-state index >= 15 is 0 Å². The number of hydrogen-bond acceptors (Lipinski definition) is 5. The van der Waals surface area contributed by atoms with E-state index in [4.69, 9.17) is 9.47 Å². The van der Waals surface area contributed by atoms with Crippen LogP contribution in [0.1, 0.15) is 27.2 Å². The van der Waals surface area contributed by atoms with Crippen molar-refractivity contribution < 1.29 is 19.1 Å². The SMILES string of the molecule is COc1cc(=O)n2c(c1C(=O)N1CCOCC1)CCN(C(=O)Cc1cccc(C)c1)CC2. The van der Waals surface area contributed by atoms with E-state index in [0.29, 0.717) is 70.0 Å². The Morgan fingerprint density at radius 3 is 2.53 bits per heavy atom. The molecule has 0 saturated carbocycles. The molecule has 1 aromatic heterocycles. The third-order valence-electron chi connectivity index (χ3n) is 6.12. The van der Waals surface area contributed by atoms with Crippen LogP contribution in [0.3, 0.4) is 0 Å². The molecule has 0 N–H and O–H groups in total. The van der Waals surface area contributed by atoms with E-state index in [0.717, 1.165) is 11.1 Å². The first-order chi connectivity index (χ1) is 15.5. The zero-order valence-corrected chi connectivity index (χ0v) is 18.6. The second-order valence-electron chi connectivity index (χ2n) is 8.23. The van der Waals surface area contributed by atoms with Crippen LogP contribution in [0, 0.1) is 6.92 Å². The average molecular weight is 440 g/mol. The maximum absolute atomic E-state index is 13.4. The molecule has 4 rings (SSSR count). The van der Waals surface area contributed by atoms with Crippen molar-refractivity contribution in [1.82, 2.24) is 14.4 Å². The van der Waals surface area contributed by atoms with Gasteiger partial charge in [0.1, 0.15) is 11.3 Å². The van der Waals surface area contributed by atoms with Gasteiger partial charge in [-0.2, -0.15) is 0 Å². The van der Waals surface area contributed by atoms with Gasteiger partial charge >= 0.3 is 0 Å². The van der Waals surface area contributed by atoms with Crippen molar-refractivity contribution in [3.05, 3.63) is 63.1 Å². The molecule has 0 radical (unpaired) electrons. The fraction of sp³-hybridized carbons (Fsp3) is 0.458. The predicted octanol–water partition coefficient (Wildman–Crippen LogP) is 1.27. The van der Waals surface area contributed by atoms with E-state index in [1.54, 1.807) is 14.4 Å². The van der Waals surface area contributed by atoms with Crippen LogP contribution in [-0.2, 0) is 28.9 Å². The quantitative estimate of drug-likeness (QED) is 0.717. The van der Waals surface area contributed by atoms with Crippen LogP contribution in [0.4, 0.5) is 0 Å². The lowest BCUT2D eigenvalue weighted by molar-refractivity contribution is -0.130. The van der Waals surface area contributed by atoms with Gasteiger partial charge in [-0.3, -0.25) is 14.4 Å². The first-order valence-corrected chi connectivity index (χ1v) is 11.0. The van der Waals surface area contributed by atoms with E-state index in [1.807, 2.05) is 31.2 Å². The summed E-state index contributed by atoms with van der Waals surface area (Å²) < 4.78 is 12.4. The molecule has 170 valence electrons.